The second-order valence-corrected chi connectivity index (χ2v) is 5.13. The van der Waals surface area contributed by atoms with Gasteiger partial charge in [-0.3, -0.25) is 9.69 Å². The maximum Gasteiger partial charge on any atom is 0.321 e. The lowest BCUT2D eigenvalue weighted by atomic mass is 9.69. The van der Waals surface area contributed by atoms with E-state index in [0.717, 1.165) is 6.42 Å². The minimum absolute atomic E-state index is 0.118. The highest BCUT2D eigenvalue weighted by Crippen LogP contribution is 2.40. The summed E-state index contributed by atoms with van der Waals surface area (Å²) in [5.41, 5.74) is -0.277. The first-order chi connectivity index (χ1) is 9.44. The molecule has 108 valence electrons. The lowest BCUT2D eigenvalue weighted by Crippen LogP contribution is -2.50. The van der Waals surface area contributed by atoms with E-state index in [2.05, 4.69) is 5.32 Å². The van der Waals surface area contributed by atoms with Crippen LogP contribution in [0.5, 0.6) is 0 Å². The van der Waals surface area contributed by atoms with Gasteiger partial charge < -0.3 is 10.4 Å². The Morgan fingerprint density at radius 1 is 1.35 bits per heavy atom. The average Bonchev–Trinajstić information content (AvgIpc) is 2.36. The molecule has 20 heavy (non-hydrogen) atoms. The summed E-state index contributed by atoms with van der Waals surface area (Å²) in [5.74, 6) is -1.24. The molecule has 0 aliphatic heterocycles. The van der Waals surface area contributed by atoms with E-state index in [1.54, 1.807) is 7.05 Å². The van der Waals surface area contributed by atoms with Gasteiger partial charge in [-0.25, -0.2) is 9.18 Å². The summed E-state index contributed by atoms with van der Waals surface area (Å²) >= 11 is 0. The summed E-state index contributed by atoms with van der Waals surface area (Å²) < 4.78 is 12.8. The number of anilines is 1. The van der Waals surface area contributed by atoms with Gasteiger partial charge in [0.1, 0.15) is 5.82 Å². The maximum absolute atomic E-state index is 12.8. The smallest absolute Gasteiger partial charge is 0.321 e. The number of urea groups is 1. The Morgan fingerprint density at radius 3 is 2.40 bits per heavy atom. The number of nitrogens with one attached hydrogen (secondary N) is 1. The van der Waals surface area contributed by atoms with Crippen molar-refractivity contribution in [2.45, 2.75) is 19.3 Å². The highest BCUT2D eigenvalue weighted by Gasteiger charge is 2.44. The number of rotatable bonds is 4. The number of amides is 2. The summed E-state index contributed by atoms with van der Waals surface area (Å²) in [6, 6.07) is 5.12. The molecule has 2 rings (SSSR count). The van der Waals surface area contributed by atoms with E-state index in [1.807, 2.05) is 0 Å². The molecule has 1 aliphatic rings. The number of benzene rings is 1. The monoisotopic (exact) mass is 280 g/mol. The van der Waals surface area contributed by atoms with Crippen LogP contribution in [-0.2, 0) is 4.79 Å². The molecule has 1 fully saturated rings. The summed E-state index contributed by atoms with van der Waals surface area (Å²) in [6.45, 7) is 0.118. The van der Waals surface area contributed by atoms with Crippen molar-refractivity contribution < 1.29 is 19.1 Å². The number of carboxylic acids is 1. The third kappa shape index (κ3) is 2.74. The molecular formula is C14H17FN2O3. The van der Waals surface area contributed by atoms with Crippen molar-refractivity contribution in [1.29, 1.82) is 0 Å². The van der Waals surface area contributed by atoms with Gasteiger partial charge in [0, 0.05) is 19.3 Å². The molecular weight excluding hydrogens is 263 g/mol. The molecule has 0 radical (unpaired) electrons. The summed E-state index contributed by atoms with van der Waals surface area (Å²) in [4.78, 5) is 24.5. The van der Waals surface area contributed by atoms with Crippen LogP contribution in [0, 0.1) is 11.2 Å². The van der Waals surface area contributed by atoms with Gasteiger partial charge in [0.15, 0.2) is 0 Å². The van der Waals surface area contributed by atoms with Crippen molar-refractivity contribution in [3.63, 3.8) is 0 Å². The third-order valence-corrected chi connectivity index (χ3v) is 3.86. The quantitative estimate of drug-likeness (QED) is 0.888. The number of carbonyl (C=O) groups is 2. The van der Waals surface area contributed by atoms with Crippen LogP contribution in [-0.4, -0.2) is 30.7 Å². The molecule has 0 aromatic heterocycles. The van der Waals surface area contributed by atoms with E-state index in [0.29, 0.717) is 18.5 Å². The summed E-state index contributed by atoms with van der Waals surface area (Å²) in [7, 11) is 1.55. The third-order valence-electron chi connectivity index (χ3n) is 3.86. The number of halogens is 1. The first kappa shape index (κ1) is 14.3. The van der Waals surface area contributed by atoms with Gasteiger partial charge in [-0.2, -0.15) is 0 Å². The molecule has 0 saturated heterocycles. The fourth-order valence-corrected chi connectivity index (χ4v) is 2.22. The zero-order valence-corrected chi connectivity index (χ0v) is 11.2. The Bertz CT molecular complexity index is 512. The lowest BCUT2D eigenvalue weighted by Gasteiger charge is -2.37. The van der Waals surface area contributed by atoms with Crippen molar-refractivity contribution in [2.24, 2.45) is 5.41 Å². The van der Waals surface area contributed by atoms with E-state index in [4.69, 9.17) is 0 Å². The average molecular weight is 280 g/mol. The molecule has 0 bridgehead atoms. The van der Waals surface area contributed by atoms with Crippen LogP contribution >= 0.6 is 0 Å². The highest BCUT2D eigenvalue weighted by molar-refractivity contribution is 5.91. The minimum atomic E-state index is -0.867. The molecule has 0 unspecified atom stereocenters. The van der Waals surface area contributed by atoms with E-state index < -0.39 is 17.4 Å². The fraction of sp³-hybridized carbons (Fsp3) is 0.429. The zero-order chi connectivity index (χ0) is 14.8. The van der Waals surface area contributed by atoms with Gasteiger partial charge >= 0.3 is 12.0 Å². The van der Waals surface area contributed by atoms with Crippen LogP contribution < -0.4 is 10.2 Å². The topological polar surface area (TPSA) is 69.6 Å². The Labute approximate surface area is 116 Å². The minimum Gasteiger partial charge on any atom is -0.481 e. The SMILES string of the molecule is CN(C(=O)NCC1(C(=O)O)CCC1)c1ccc(F)cc1. The summed E-state index contributed by atoms with van der Waals surface area (Å²) in [6.07, 6.45) is 2.04. The van der Waals surface area contributed by atoms with Crippen LogP contribution in [0.4, 0.5) is 14.9 Å². The predicted octanol–water partition coefficient (Wildman–Crippen LogP) is 2.23. The molecule has 1 aromatic rings. The number of aliphatic carboxylic acids is 1. The predicted molar refractivity (Wildman–Crippen MR) is 72.1 cm³/mol. The van der Waals surface area contributed by atoms with E-state index in [9.17, 15) is 19.1 Å². The van der Waals surface area contributed by atoms with Crippen molar-refractivity contribution in [3.05, 3.63) is 30.1 Å². The second kappa shape index (κ2) is 5.48. The molecule has 5 nitrogen and oxygen atoms in total. The molecule has 1 saturated carbocycles. The maximum atomic E-state index is 12.8. The zero-order valence-electron chi connectivity index (χ0n) is 11.2. The van der Waals surface area contributed by atoms with Gasteiger partial charge in [-0.05, 0) is 37.1 Å². The van der Waals surface area contributed by atoms with E-state index in [-0.39, 0.29) is 12.4 Å². The number of nitrogens with zero attached hydrogens (tertiary/aromatic N) is 1. The van der Waals surface area contributed by atoms with Gasteiger partial charge in [-0.1, -0.05) is 6.42 Å². The Hall–Kier alpha value is -2.11. The number of carbonyl (C=O) groups excluding carboxylic acids is 1. The Kier molecular flexibility index (Phi) is 3.92. The number of carboxylic acid groups (broad SMARTS) is 1. The normalized spacial score (nSPS) is 16.1. The molecule has 2 N–H and O–H groups in total. The molecule has 0 heterocycles. The molecule has 0 atom stereocenters. The van der Waals surface area contributed by atoms with Crippen LogP contribution in [0.1, 0.15) is 19.3 Å². The molecule has 6 heteroatoms. The van der Waals surface area contributed by atoms with E-state index >= 15 is 0 Å². The molecule has 0 spiro atoms. The highest BCUT2D eigenvalue weighted by atomic mass is 19.1. The largest absolute Gasteiger partial charge is 0.481 e. The fourth-order valence-electron chi connectivity index (χ4n) is 2.22. The van der Waals surface area contributed by atoms with Gasteiger partial charge in [-0.15, -0.1) is 0 Å². The van der Waals surface area contributed by atoms with Gasteiger partial charge in [0.05, 0.1) is 5.41 Å². The van der Waals surface area contributed by atoms with Gasteiger partial charge in [0.25, 0.3) is 0 Å². The van der Waals surface area contributed by atoms with Crippen molar-refractivity contribution >= 4 is 17.7 Å². The van der Waals surface area contributed by atoms with Crippen molar-refractivity contribution in [3.8, 4) is 0 Å². The molecule has 1 aromatic carbocycles. The second-order valence-electron chi connectivity index (χ2n) is 5.13. The van der Waals surface area contributed by atoms with Crippen LogP contribution in [0.15, 0.2) is 24.3 Å². The van der Waals surface area contributed by atoms with E-state index in [1.165, 1.54) is 29.2 Å². The Balaban J connectivity index is 1.94. The molecule has 2 amide bonds. The number of hydrogen-bond donors (Lipinski definition) is 2. The van der Waals surface area contributed by atoms with Gasteiger partial charge in [0.2, 0.25) is 0 Å². The van der Waals surface area contributed by atoms with Crippen molar-refractivity contribution in [2.75, 3.05) is 18.5 Å². The first-order valence-corrected chi connectivity index (χ1v) is 6.45. The number of hydrogen-bond acceptors (Lipinski definition) is 2. The van der Waals surface area contributed by atoms with Crippen LogP contribution in [0.3, 0.4) is 0 Å². The summed E-state index contributed by atoms with van der Waals surface area (Å²) in [5, 5.41) is 11.8. The van der Waals surface area contributed by atoms with Crippen molar-refractivity contribution in [1.82, 2.24) is 5.32 Å². The standard InChI is InChI=1S/C14H17FN2O3/c1-17(11-5-3-10(15)4-6-11)13(20)16-9-14(12(18)19)7-2-8-14/h3-6H,2,7-9H2,1H3,(H,16,20)(H,18,19). The van der Waals surface area contributed by atoms with Crippen LogP contribution in [0.25, 0.3) is 0 Å². The lowest BCUT2D eigenvalue weighted by molar-refractivity contribution is -0.153. The Morgan fingerprint density at radius 2 is 1.95 bits per heavy atom. The van der Waals surface area contributed by atoms with Crippen LogP contribution in [0.2, 0.25) is 0 Å². The molecule has 1 aliphatic carbocycles. The first-order valence-electron chi connectivity index (χ1n) is 6.45.